The molecule has 0 aromatic heterocycles. The molecule has 0 amide bonds. The summed E-state index contributed by atoms with van der Waals surface area (Å²) in [6.07, 6.45) is 0. The van der Waals surface area contributed by atoms with E-state index in [0.717, 1.165) is 11.4 Å². The summed E-state index contributed by atoms with van der Waals surface area (Å²) in [4.78, 5) is 0. The predicted molar refractivity (Wildman–Crippen MR) is 95.4 cm³/mol. The molecule has 0 saturated heterocycles. The van der Waals surface area contributed by atoms with Crippen LogP contribution in [0.25, 0.3) is 0 Å². The molecule has 2 nitrogen and oxygen atoms in total. The molecule has 0 saturated carbocycles. The van der Waals surface area contributed by atoms with Crippen molar-refractivity contribution >= 4 is 11.4 Å². The van der Waals surface area contributed by atoms with Gasteiger partial charge in [0.25, 0.3) is 0 Å². The van der Waals surface area contributed by atoms with Crippen LogP contribution in [0, 0.1) is 0 Å². The van der Waals surface area contributed by atoms with E-state index >= 15 is 0 Å². The van der Waals surface area contributed by atoms with Gasteiger partial charge in [-0.15, -0.1) is 0 Å². The largest absolute Gasteiger partial charge is 0.301 e. The fraction of sp³-hybridized carbons (Fsp3) is 0. The third-order valence-corrected chi connectivity index (χ3v) is 2.79. The molecule has 0 aliphatic heterocycles. The molecule has 0 atom stereocenters. The fourth-order valence-corrected chi connectivity index (χ4v) is 1.70. The van der Waals surface area contributed by atoms with Crippen molar-refractivity contribution in [3.05, 3.63) is 109 Å². The van der Waals surface area contributed by atoms with Crippen molar-refractivity contribution in [3.8, 4) is 0 Å². The minimum absolute atomic E-state index is 0.974. The van der Waals surface area contributed by atoms with Crippen molar-refractivity contribution in [2.75, 3.05) is 10.9 Å². The van der Waals surface area contributed by atoms with E-state index in [2.05, 4.69) is 10.9 Å². The van der Waals surface area contributed by atoms with Gasteiger partial charge in [0.2, 0.25) is 0 Å². The molecule has 2 rings (SSSR count). The lowest BCUT2D eigenvalue weighted by Gasteiger charge is -2.07. The third kappa shape index (κ3) is 6.44. The number of hydrogen-bond acceptors (Lipinski definition) is 2. The van der Waals surface area contributed by atoms with Crippen molar-refractivity contribution in [2.45, 2.75) is 0 Å². The summed E-state index contributed by atoms with van der Waals surface area (Å²) in [5.74, 6) is 0. The third-order valence-electron chi connectivity index (χ3n) is 2.79. The molecule has 2 aromatic rings. The Morgan fingerprint density at radius 3 is 0.818 bits per heavy atom. The monoisotopic (exact) mass is 288 g/mol. The summed E-state index contributed by atoms with van der Waals surface area (Å²) in [6, 6.07) is 36.0. The van der Waals surface area contributed by atoms with Gasteiger partial charge in [0.15, 0.2) is 0 Å². The number of rotatable bonds is 3. The molecule has 2 N–H and O–H groups in total. The Morgan fingerprint density at radius 2 is 0.545 bits per heavy atom. The highest BCUT2D eigenvalue weighted by Gasteiger charge is 1.87. The number of nitrogens with one attached hydrogen (secondary N) is 2. The van der Waals surface area contributed by atoms with Gasteiger partial charge in [-0.25, -0.2) is 0 Å². The summed E-state index contributed by atoms with van der Waals surface area (Å²) in [5, 5.41) is 0. The number of hydrogen-bond donors (Lipinski definition) is 2. The van der Waals surface area contributed by atoms with Crippen LogP contribution in [0.2, 0.25) is 0 Å². The Morgan fingerprint density at radius 1 is 0.318 bits per heavy atom. The van der Waals surface area contributed by atoms with E-state index in [0.29, 0.717) is 0 Å². The van der Waals surface area contributed by atoms with Gasteiger partial charge in [0.1, 0.15) is 0 Å². The van der Waals surface area contributed by atoms with Gasteiger partial charge in [0.05, 0.1) is 11.4 Å². The first kappa shape index (κ1) is 15.4. The Bertz CT molecular complexity index is 570. The molecular formula is C20H20N2. The van der Waals surface area contributed by atoms with Crippen LogP contribution >= 0.6 is 0 Å². The molecule has 0 bridgehead atoms. The molecule has 0 heterocycles. The summed E-state index contributed by atoms with van der Waals surface area (Å²) >= 11 is 0. The van der Waals surface area contributed by atoms with Crippen molar-refractivity contribution in [2.24, 2.45) is 0 Å². The molecule has 0 spiro atoms. The second-order valence-corrected chi connectivity index (χ2v) is 4.52. The maximum atomic E-state index is 3.21. The first-order valence-electron chi connectivity index (χ1n) is 7.24. The van der Waals surface area contributed by atoms with Crippen LogP contribution in [-0.4, -0.2) is 0 Å². The lowest BCUT2D eigenvalue weighted by Crippen LogP contribution is -2.07. The lowest BCUT2D eigenvalue weighted by atomic mass is 10.3. The molecule has 2 heteroatoms. The number of anilines is 2. The number of hydrazine groups is 1. The second kappa shape index (κ2) is 9.83. The SMILES string of the molecule is c1ccccc(NNc2ccccccccc2)cccc1. The van der Waals surface area contributed by atoms with Gasteiger partial charge in [-0.1, -0.05) is 84.9 Å². The van der Waals surface area contributed by atoms with Gasteiger partial charge in [-0.05, 0) is 24.3 Å². The zero-order chi connectivity index (χ0) is 15.3. The highest BCUT2D eigenvalue weighted by Crippen LogP contribution is 2.06. The van der Waals surface area contributed by atoms with E-state index in [9.17, 15) is 0 Å². The second-order valence-electron chi connectivity index (χ2n) is 4.52. The topological polar surface area (TPSA) is 24.1 Å². The Labute approximate surface area is 132 Å². The van der Waals surface area contributed by atoms with Crippen LogP contribution in [0.15, 0.2) is 109 Å². The van der Waals surface area contributed by atoms with E-state index in [1.165, 1.54) is 0 Å². The molecule has 0 aliphatic rings. The normalized spacial score (nSPS) is 8.91. The molecule has 2 aromatic carbocycles. The van der Waals surface area contributed by atoms with Gasteiger partial charge in [-0.3, -0.25) is 0 Å². The lowest BCUT2D eigenvalue weighted by molar-refractivity contribution is 1.42. The first-order valence-corrected chi connectivity index (χ1v) is 7.24. The van der Waals surface area contributed by atoms with Gasteiger partial charge in [0, 0.05) is 0 Å². The Hall–Kier alpha value is -3.00. The highest BCUT2D eigenvalue weighted by atomic mass is 15.4. The molecular weight excluding hydrogens is 268 g/mol. The molecule has 0 fully saturated rings. The summed E-state index contributed by atoms with van der Waals surface area (Å²) in [6.45, 7) is 0. The maximum Gasteiger partial charge on any atom is 0.0539 e. The predicted octanol–water partition coefficient (Wildman–Crippen LogP) is 5.37. The molecule has 0 unspecified atom stereocenters. The fourth-order valence-electron chi connectivity index (χ4n) is 1.70. The van der Waals surface area contributed by atoms with Crippen LogP contribution in [0.3, 0.4) is 0 Å². The van der Waals surface area contributed by atoms with Crippen molar-refractivity contribution in [1.29, 1.82) is 0 Å². The van der Waals surface area contributed by atoms with Crippen LogP contribution in [-0.2, 0) is 0 Å². The average Bonchev–Trinajstić information content (AvgIpc) is 2.56. The minimum Gasteiger partial charge on any atom is -0.301 e. The summed E-state index contributed by atoms with van der Waals surface area (Å²) < 4.78 is 0. The van der Waals surface area contributed by atoms with Crippen LogP contribution in [0.1, 0.15) is 0 Å². The van der Waals surface area contributed by atoms with Crippen LogP contribution in [0.5, 0.6) is 0 Å². The van der Waals surface area contributed by atoms with Gasteiger partial charge >= 0.3 is 0 Å². The molecule has 22 heavy (non-hydrogen) atoms. The summed E-state index contributed by atoms with van der Waals surface area (Å²) in [7, 11) is 0. The van der Waals surface area contributed by atoms with Crippen molar-refractivity contribution < 1.29 is 0 Å². The van der Waals surface area contributed by atoms with E-state index < -0.39 is 0 Å². The molecule has 0 aliphatic carbocycles. The zero-order valence-corrected chi connectivity index (χ0v) is 12.4. The van der Waals surface area contributed by atoms with E-state index in [-0.39, 0.29) is 0 Å². The molecule has 0 radical (unpaired) electrons. The Kier molecular flexibility index (Phi) is 6.88. The van der Waals surface area contributed by atoms with Crippen molar-refractivity contribution in [1.82, 2.24) is 0 Å². The van der Waals surface area contributed by atoms with Gasteiger partial charge in [-0.2, -0.15) is 0 Å². The quantitative estimate of drug-likeness (QED) is 0.741. The van der Waals surface area contributed by atoms with E-state index in [1.54, 1.807) is 0 Å². The minimum atomic E-state index is 0.974. The first-order chi connectivity index (χ1) is 10.9. The van der Waals surface area contributed by atoms with Gasteiger partial charge < -0.3 is 10.9 Å². The average molecular weight is 288 g/mol. The van der Waals surface area contributed by atoms with E-state index in [1.807, 2.05) is 109 Å². The van der Waals surface area contributed by atoms with Crippen molar-refractivity contribution in [3.63, 3.8) is 0 Å². The van der Waals surface area contributed by atoms with Crippen LogP contribution < -0.4 is 10.9 Å². The molecule has 110 valence electrons. The smallest absolute Gasteiger partial charge is 0.0539 e. The Balaban J connectivity index is 2.16. The maximum absolute atomic E-state index is 3.21. The van der Waals surface area contributed by atoms with Crippen LogP contribution in [0.4, 0.5) is 11.4 Å². The zero-order valence-electron chi connectivity index (χ0n) is 12.4. The standard InChI is InChI=1S/C20H20N2/c1-3-7-11-15-19(16-12-8-4-1)21-22-20-17-13-9-5-2-6-10-14-18-20/h1-18,21-22H. The van der Waals surface area contributed by atoms with E-state index in [4.69, 9.17) is 0 Å². The summed E-state index contributed by atoms with van der Waals surface area (Å²) in [5.41, 5.74) is 8.37. The highest BCUT2D eigenvalue weighted by molar-refractivity contribution is 5.50.